The van der Waals surface area contributed by atoms with Crippen LogP contribution in [0.4, 0.5) is 0 Å². The molecule has 1 heterocycles. The van der Waals surface area contributed by atoms with Gasteiger partial charge in [-0.15, -0.1) is 6.58 Å². The van der Waals surface area contributed by atoms with Gasteiger partial charge in [0.25, 0.3) is 0 Å². The van der Waals surface area contributed by atoms with Crippen molar-refractivity contribution in [3.05, 3.63) is 78.4 Å². The van der Waals surface area contributed by atoms with Gasteiger partial charge in [-0.05, 0) is 55.5 Å². The number of likely N-dealkylation sites (tertiary alicyclic amines) is 1. The summed E-state index contributed by atoms with van der Waals surface area (Å²) in [5.41, 5.74) is 2.87. The van der Waals surface area contributed by atoms with Crippen molar-refractivity contribution in [3.63, 3.8) is 0 Å². The van der Waals surface area contributed by atoms with Crippen LogP contribution in [0.5, 0.6) is 5.75 Å². The van der Waals surface area contributed by atoms with Crippen LogP contribution in [0.2, 0.25) is 0 Å². The van der Waals surface area contributed by atoms with E-state index < -0.39 is 0 Å². The maximum atomic E-state index is 10.0. The molecule has 4 rings (SSSR count). The number of piperidine rings is 1. The molecule has 2 aromatic rings. The Balaban J connectivity index is 1.57. The van der Waals surface area contributed by atoms with Crippen molar-refractivity contribution < 1.29 is 5.11 Å². The first-order valence-corrected chi connectivity index (χ1v) is 9.93. The molecule has 136 valence electrons. The lowest BCUT2D eigenvalue weighted by molar-refractivity contribution is 0.0115. The van der Waals surface area contributed by atoms with E-state index >= 15 is 0 Å². The monoisotopic (exact) mass is 347 g/mol. The number of aromatic hydroxyl groups is 1. The summed E-state index contributed by atoms with van der Waals surface area (Å²) < 4.78 is 0. The molecule has 2 heteroatoms. The Morgan fingerprint density at radius 2 is 1.96 bits per heavy atom. The fraction of sp³-hybridized carbons (Fsp3) is 0.417. The van der Waals surface area contributed by atoms with E-state index in [0.717, 1.165) is 25.9 Å². The Morgan fingerprint density at radius 3 is 2.73 bits per heavy atom. The van der Waals surface area contributed by atoms with Gasteiger partial charge in [0.05, 0.1) is 0 Å². The molecule has 2 aromatic carbocycles. The zero-order valence-electron chi connectivity index (χ0n) is 15.5. The first kappa shape index (κ1) is 17.4. The van der Waals surface area contributed by atoms with Crippen LogP contribution in [0.3, 0.4) is 0 Å². The number of phenolic OH excluding ortho intramolecular Hbond substituents is 1. The molecule has 0 spiro atoms. The Kier molecular flexibility index (Phi) is 4.86. The van der Waals surface area contributed by atoms with Crippen LogP contribution in [0.25, 0.3) is 0 Å². The van der Waals surface area contributed by atoms with Gasteiger partial charge in [-0.3, -0.25) is 4.90 Å². The molecular formula is C24H29NO. The third kappa shape index (κ3) is 3.07. The molecule has 2 aliphatic rings. The second-order valence-electron chi connectivity index (χ2n) is 7.95. The Hall–Kier alpha value is -2.06. The largest absolute Gasteiger partial charge is 0.508 e. The molecule has 0 amide bonds. The molecule has 1 aliphatic carbocycles. The summed E-state index contributed by atoms with van der Waals surface area (Å²) in [6.07, 6.45) is 8.18. The molecule has 2 bridgehead atoms. The maximum absolute atomic E-state index is 10.0. The van der Waals surface area contributed by atoms with Crippen LogP contribution in [0, 0.1) is 5.92 Å². The summed E-state index contributed by atoms with van der Waals surface area (Å²) in [7, 11) is 0. The topological polar surface area (TPSA) is 23.5 Å². The molecule has 3 atom stereocenters. The minimum absolute atomic E-state index is 0.145. The summed E-state index contributed by atoms with van der Waals surface area (Å²) in [4.78, 5) is 2.69. The van der Waals surface area contributed by atoms with E-state index in [4.69, 9.17) is 0 Å². The zero-order chi connectivity index (χ0) is 18.0. The normalized spacial score (nSPS) is 28.6. The second-order valence-corrected chi connectivity index (χ2v) is 7.95. The quantitative estimate of drug-likeness (QED) is 0.775. The third-order valence-corrected chi connectivity index (χ3v) is 6.70. The number of nitrogens with zero attached hydrogens (tertiary/aromatic N) is 1. The van der Waals surface area contributed by atoms with Gasteiger partial charge < -0.3 is 5.11 Å². The van der Waals surface area contributed by atoms with Crippen molar-refractivity contribution in [1.82, 2.24) is 4.90 Å². The minimum Gasteiger partial charge on any atom is -0.508 e. The van der Waals surface area contributed by atoms with Crippen molar-refractivity contribution >= 4 is 0 Å². The highest BCUT2D eigenvalue weighted by Gasteiger charge is 2.50. The average Bonchev–Trinajstić information content (AvgIpc) is 2.67. The molecule has 0 radical (unpaired) electrons. The highest BCUT2D eigenvalue weighted by Crippen LogP contribution is 2.51. The van der Waals surface area contributed by atoms with Crippen LogP contribution < -0.4 is 0 Å². The number of rotatable bonds is 5. The van der Waals surface area contributed by atoms with Crippen LogP contribution in [0.15, 0.2) is 67.3 Å². The van der Waals surface area contributed by atoms with Gasteiger partial charge in [-0.1, -0.05) is 55.0 Å². The summed E-state index contributed by atoms with van der Waals surface area (Å²) in [6, 6.07) is 19.3. The first-order valence-electron chi connectivity index (χ1n) is 9.93. The summed E-state index contributed by atoms with van der Waals surface area (Å²) in [5.74, 6) is 0.843. The predicted molar refractivity (Wildman–Crippen MR) is 107 cm³/mol. The summed E-state index contributed by atoms with van der Waals surface area (Å²) in [5, 5.41) is 10.0. The van der Waals surface area contributed by atoms with Gasteiger partial charge in [0, 0.05) is 23.9 Å². The smallest absolute Gasteiger partial charge is 0.115 e. The molecule has 3 unspecified atom stereocenters. The number of hydrogen-bond donors (Lipinski definition) is 1. The van der Waals surface area contributed by atoms with Gasteiger partial charge in [0.1, 0.15) is 5.75 Å². The van der Waals surface area contributed by atoms with Crippen LogP contribution >= 0.6 is 0 Å². The standard InChI is InChI=1S/C24H29NO/c1-2-22-23-12-7-14-24(22,20-10-6-11-21(26)18-20)15-17-25(23)16-13-19-8-4-3-5-9-19/h2-6,8-11,18,22-23,26H,1,7,12-17H2. The van der Waals surface area contributed by atoms with E-state index in [9.17, 15) is 5.11 Å². The number of hydrogen-bond acceptors (Lipinski definition) is 2. The van der Waals surface area contributed by atoms with Gasteiger partial charge in [-0.25, -0.2) is 0 Å². The molecule has 1 N–H and O–H groups in total. The molecule has 2 nitrogen and oxygen atoms in total. The van der Waals surface area contributed by atoms with Gasteiger partial charge in [0.2, 0.25) is 0 Å². The fourth-order valence-corrected chi connectivity index (χ4v) is 5.43. The second kappa shape index (κ2) is 7.28. The number of phenols is 1. The van der Waals surface area contributed by atoms with E-state index in [-0.39, 0.29) is 5.41 Å². The van der Waals surface area contributed by atoms with E-state index in [1.54, 1.807) is 6.07 Å². The highest BCUT2D eigenvalue weighted by molar-refractivity contribution is 5.37. The molecule has 26 heavy (non-hydrogen) atoms. The predicted octanol–water partition coefficient (Wildman–Crippen LogP) is 4.93. The first-order chi connectivity index (χ1) is 12.7. The lowest BCUT2D eigenvalue weighted by atomic mass is 9.57. The third-order valence-electron chi connectivity index (χ3n) is 6.70. The lowest BCUT2D eigenvalue weighted by Gasteiger charge is -2.56. The van der Waals surface area contributed by atoms with E-state index in [2.05, 4.69) is 54.0 Å². The summed E-state index contributed by atoms with van der Waals surface area (Å²) in [6.45, 7) is 6.48. The Labute approximate surface area is 157 Å². The van der Waals surface area contributed by atoms with Crippen molar-refractivity contribution in [1.29, 1.82) is 0 Å². The van der Waals surface area contributed by atoms with Crippen molar-refractivity contribution in [2.45, 2.75) is 43.6 Å². The molecular weight excluding hydrogens is 318 g/mol. The Bertz CT molecular complexity index is 756. The van der Waals surface area contributed by atoms with E-state index in [1.165, 1.54) is 30.4 Å². The van der Waals surface area contributed by atoms with Crippen molar-refractivity contribution in [3.8, 4) is 5.75 Å². The van der Waals surface area contributed by atoms with Crippen molar-refractivity contribution in [2.24, 2.45) is 5.92 Å². The fourth-order valence-electron chi connectivity index (χ4n) is 5.43. The van der Waals surface area contributed by atoms with Crippen LogP contribution in [-0.4, -0.2) is 29.1 Å². The maximum Gasteiger partial charge on any atom is 0.115 e. The van der Waals surface area contributed by atoms with Crippen LogP contribution in [0.1, 0.15) is 36.8 Å². The highest BCUT2D eigenvalue weighted by atomic mass is 16.3. The van der Waals surface area contributed by atoms with E-state index in [0.29, 0.717) is 17.7 Å². The summed E-state index contributed by atoms with van der Waals surface area (Å²) >= 11 is 0. The van der Waals surface area contributed by atoms with E-state index in [1.807, 2.05) is 12.1 Å². The minimum atomic E-state index is 0.145. The number of benzene rings is 2. The molecule has 2 fully saturated rings. The van der Waals surface area contributed by atoms with Gasteiger partial charge in [-0.2, -0.15) is 0 Å². The van der Waals surface area contributed by atoms with Crippen molar-refractivity contribution in [2.75, 3.05) is 13.1 Å². The average molecular weight is 348 g/mol. The SMILES string of the molecule is C=CC1C2CCCC1(c1cccc(O)c1)CCN2CCc1ccccc1. The molecule has 1 aliphatic heterocycles. The zero-order valence-corrected chi connectivity index (χ0v) is 15.5. The van der Waals surface area contributed by atoms with Gasteiger partial charge >= 0.3 is 0 Å². The molecule has 1 saturated heterocycles. The van der Waals surface area contributed by atoms with Gasteiger partial charge in [0.15, 0.2) is 0 Å². The molecule has 0 aromatic heterocycles. The van der Waals surface area contributed by atoms with Crippen LogP contribution in [-0.2, 0) is 11.8 Å². The molecule has 1 saturated carbocycles. The lowest BCUT2D eigenvalue weighted by Crippen LogP contribution is -2.58. The Morgan fingerprint density at radius 1 is 1.12 bits per heavy atom. The number of fused-ring (bicyclic) bond motifs is 2.